The lowest BCUT2D eigenvalue weighted by Gasteiger charge is -2.32. The lowest BCUT2D eigenvalue weighted by atomic mass is 10.1. The monoisotopic (exact) mass is 574 g/mol. The second-order valence-electron chi connectivity index (χ2n) is 10.1. The molecule has 10 heteroatoms. The van der Waals surface area contributed by atoms with Gasteiger partial charge in [-0.3, -0.25) is 14.5 Å². The van der Waals surface area contributed by atoms with Crippen LogP contribution in [0.5, 0.6) is 23.0 Å². The number of piperidine rings is 1. The Morgan fingerprint density at radius 3 is 2.71 bits per heavy atom. The third-order valence-electron chi connectivity index (χ3n) is 7.49. The van der Waals surface area contributed by atoms with E-state index in [4.69, 9.17) is 35.6 Å². The lowest BCUT2D eigenvalue weighted by Crippen LogP contribution is -2.40. The molecule has 41 heavy (non-hydrogen) atoms. The van der Waals surface area contributed by atoms with Crippen molar-refractivity contribution in [2.75, 3.05) is 33.4 Å². The smallest absolute Gasteiger partial charge is 0.246 e. The van der Waals surface area contributed by atoms with Crippen LogP contribution in [0, 0.1) is 0 Å². The fourth-order valence-electron chi connectivity index (χ4n) is 5.42. The number of carbonyl (C=O) groups is 1. The normalized spacial score (nSPS) is 18.8. The number of hydrogen-bond donors (Lipinski definition) is 0. The summed E-state index contributed by atoms with van der Waals surface area (Å²) in [6.07, 6.45) is 7.47. The van der Waals surface area contributed by atoms with Gasteiger partial charge >= 0.3 is 0 Å². The Balaban J connectivity index is 1.37. The standard InChI is InChI=1S/C31H31ClN4O5/c1-3-28(37)35-14-5-6-21(18-35)36-31-24(16-33-17-27(31)41-23-13-15-39-19-23)30(34-36)20-9-11-22(12-10-20)40-26-8-4-7-25(38-2)29(26)32/h3-4,7-12,16-17,21,23H,1,5-6,13-15,18-19H2,2H3. The highest BCUT2D eigenvalue weighted by Crippen LogP contribution is 2.39. The van der Waals surface area contributed by atoms with Crippen LogP contribution in [0.25, 0.3) is 22.2 Å². The summed E-state index contributed by atoms with van der Waals surface area (Å²) in [7, 11) is 1.57. The van der Waals surface area contributed by atoms with Crippen molar-refractivity contribution < 1.29 is 23.7 Å². The molecule has 9 nitrogen and oxygen atoms in total. The van der Waals surface area contributed by atoms with Crippen molar-refractivity contribution in [2.24, 2.45) is 0 Å². The van der Waals surface area contributed by atoms with Crippen molar-refractivity contribution in [3.63, 3.8) is 0 Å². The molecule has 0 bridgehead atoms. The SMILES string of the molecule is C=CC(=O)N1CCCC(n2nc(-c3ccc(Oc4cccc(OC)c4Cl)cc3)c3cncc(OC4CCOC4)c32)C1. The maximum atomic E-state index is 12.5. The average molecular weight is 575 g/mol. The first kappa shape index (κ1) is 27.1. The van der Waals surface area contributed by atoms with Crippen LogP contribution >= 0.6 is 11.6 Å². The van der Waals surface area contributed by atoms with Gasteiger partial charge in [0.05, 0.1) is 37.9 Å². The summed E-state index contributed by atoms with van der Waals surface area (Å²) in [5, 5.41) is 6.39. The molecule has 0 spiro atoms. The van der Waals surface area contributed by atoms with E-state index >= 15 is 0 Å². The van der Waals surface area contributed by atoms with Gasteiger partial charge in [-0.1, -0.05) is 24.2 Å². The topological polar surface area (TPSA) is 87.9 Å². The second kappa shape index (κ2) is 11.8. The Morgan fingerprint density at radius 1 is 1.12 bits per heavy atom. The van der Waals surface area contributed by atoms with E-state index < -0.39 is 0 Å². The third kappa shape index (κ3) is 5.47. The van der Waals surface area contributed by atoms with Crippen LogP contribution < -0.4 is 14.2 Å². The Labute approximate surface area is 243 Å². The highest BCUT2D eigenvalue weighted by atomic mass is 35.5. The van der Waals surface area contributed by atoms with Gasteiger partial charge in [-0.15, -0.1) is 0 Å². The van der Waals surface area contributed by atoms with Gasteiger partial charge in [0.2, 0.25) is 5.91 Å². The Morgan fingerprint density at radius 2 is 1.95 bits per heavy atom. The summed E-state index contributed by atoms with van der Waals surface area (Å²) in [5.41, 5.74) is 2.54. The number of rotatable bonds is 8. The van der Waals surface area contributed by atoms with Crippen LogP contribution in [0.4, 0.5) is 0 Å². The number of halogens is 1. The minimum atomic E-state index is -0.0700. The minimum Gasteiger partial charge on any atom is -0.495 e. The van der Waals surface area contributed by atoms with Gasteiger partial charge in [-0.25, -0.2) is 0 Å². The minimum absolute atomic E-state index is 0.0220. The van der Waals surface area contributed by atoms with Crippen LogP contribution in [0.1, 0.15) is 25.3 Å². The molecule has 2 fully saturated rings. The molecule has 2 saturated heterocycles. The van der Waals surface area contributed by atoms with Gasteiger partial charge in [0.15, 0.2) is 5.75 Å². The summed E-state index contributed by atoms with van der Waals surface area (Å²) < 4.78 is 25.3. The predicted molar refractivity (Wildman–Crippen MR) is 156 cm³/mol. The fraction of sp³-hybridized carbons (Fsp3) is 0.323. The van der Waals surface area contributed by atoms with Gasteiger partial charge in [0.25, 0.3) is 0 Å². The van der Waals surface area contributed by atoms with Crippen LogP contribution in [-0.2, 0) is 9.53 Å². The van der Waals surface area contributed by atoms with E-state index in [9.17, 15) is 4.79 Å². The lowest BCUT2D eigenvalue weighted by molar-refractivity contribution is -0.127. The molecule has 1 amide bonds. The zero-order valence-corrected chi connectivity index (χ0v) is 23.5. The van der Waals surface area contributed by atoms with Gasteiger partial charge in [0.1, 0.15) is 39.6 Å². The Kier molecular flexibility index (Phi) is 7.80. The number of nitrogens with zero attached hydrogens (tertiary/aromatic N) is 4. The number of ether oxygens (including phenoxy) is 4. The number of benzene rings is 2. The molecule has 2 aliphatic heterocycles. The van der Waals surface area contributed by atoms with Gasteiger partial charge in [0, 0.05) is 31.3 Å². The van der Waals surface area contributed by atoms with Crippen molar-refractivity contribution in [3.05, 3.63) is 72.5 Å². The molecule has 2 unspecified atom stereocenters. The first-order chi connectivity index (χ1) is 20.1. The molecule has 2 atom stereocenters. The zero-order valence-electron chi connectivity index (χ0n) is 22.8. The molecule has 6 rings (SSSR count). The number of methoxy groups -OCH3 is 1. The predicted octanol–water partition coefficient (Wildman–Crippen LogP) is 6.07. The number of pyridine rings is 1. The quantitative estimate of drug-likeness (QED) is 0.236. The number of aromatic nitrogens is 3. The number of likely N-dealkylation sites (tertiary alicyclic amines) is 1. The maximum Gasteiger partial charge on any atom is 0.246 e. The van der Waals surface area contributed by atoms with E-state index in [1.54, 1.807) is 25.4 Å². The number of carbonyl (C=O) groups excluding carboxylic acids is 1. The van der Waals surface area contributed by atoms with Crippen molar-refractivity contribution >= 4 is 28.4 Å². The number of amides is 1. The molecule has 4 aromatic rings. The van der Waals surface area contributed by atoms with E-state index in [0.29, 0.717) is 54.3 Å². The molecular formula is C31H31ClN4O5. The number of fused-ring (bicyclic) bond motifs is 1. The third-order valence-corrected chi connectivity index (χ3v) is 7.86. The molecular weight excluding hydrogens is 544 g/mol. The van der Waals surface area contributed by atoms with E-state index in [2.05, 4.69) is 11.6 Å². The molecule has 4 heterocycles. The van der Waals surface area contributed by atoms with Crippen LogP contribution in [-0.4, -0.2) is 65.1 Å². The molecule has 2 aromatic heterocycles. The van der Waals surface area contributed by atoms with Gasteiger partial charge in [-0.05, 0) is 55.3 Å². The second-order valence-corrected chi connectivity index (χ2v) is 10.5. The Hall–Kier alpha value is -4.08. The van der Waals surface area contributed by atoms with E-state index in [1.807, 2.05) is 46.1 Å². The summed E-state index contributed by atoms with van der Waals surface area (Å²) in [6, 6.07) is 13.1. The van der Waals surface area contributed by atoms with Gasteiger partial charge < -0.3 is 23.8 Å². The molecule has 212 valence electrons. The Bertz CT molecular complexity index is 1570. The molecule has 0 aliphatic carbocycles. The van der Waals surface area contributed by atoms with E-state index in [1.165, 1.54) is 6.08 Å². The van der Waals surface area contributed by atoms with E-state index in [0.717, 1.165) is 41.4 Å². The number of hydrogen-bond acceptors (Lipinski definition) is 7. The first-order valence-corrected chi connectivity index (χ1v) is 14.1. The maximum absolute atomic E-state index is 12.5. The van der Waals surface area contributed by atoms with Crippen LogP contribution in [0.3, 0.4) is 0 Å². The molecule has 0 N–H and O–H groups in total. The van der Waals surface area contributed by atoms with Crippen molar-refractivity contribution in [1.29, 1.82) is 0 Å². The fourth-order valence-corrected chi connectivity index (χ4v) is 5.67. The molecule has 2 aromatic carbocycles. The van der Waals surface area contributed by atoms with Crippen LogP contribution in [0.15, 0.2) is 67.5 Å². The zero-order chi connectivity index (χ0) is 28.3. The summed E-state index contributed by atoms with van der Waals surface area (Å²) >= 11 is 6.42. The summed E-state index contributed by atoms with van der Waals surface area (Å²) in [6.45, 7) is 6.14. The molecule has 0 saturated carbocycles. The van der Waals surface area contributed by atoms with E-state index in [-0.39, 0.29) is 18.1 Å². The highest BCUT2D eigenvalue weighted by molar-refractivity contribution is 6.33. The average Bonchev–Trinajstić information content (AvgIpc) is 3.67. The largest absolute Gasteiger partial charge is 0.495 e. The highest BCUT2D eigenvalue weighted by Gasteiger charge is 2.29. The first-order valence-electron chi connectivity index (χ1n) is 13.7. The summed E-state index contributed by atoms with van der Waals surface area (Å²) in [4.78, 5) is 18.8. The van der Waals surface area contributed by atoms with Crippen molar-refractivity contribution in [2.45, 2.75) is 31.4 Å². The molecule has 2 aliphatic rings. The van der Waals surface area contributed by atoms with Crippen molar-refractivity contribution in [1.82, 2.24) is 19.7 Å². The molecule has 0 radical (unpaired) electrons. The summed E-state index contributed by atoms with van der Waals surface area (Å²) in [5.74, 6) is 2.27. The van der Waals surface area contributed by atoms with Crippen molar-refractivity contribution in [3.8, 4) is 34.3 Å². The van der Waals surface area contributed by atoms with Gasteiger partial charge in [-0.2, -0.15) is 5.10 Å². The van der Waals surface area contributed by atoms with Crippen LogP contribution in [0.2, 0.25) is 5.02 Å².